The average Bonchev–Trinajstić information content (AvgIpc) is 2.93. The van der Waals surface area contributed by atoms with Gasteiger partial charge in [0.2, 0.25) is 0 Å². The van der Waals surface area contributed by atoms with Gasteiger partial charge in [0.15, 0.2) is 0 Å². The van der Waals surface area contributed by atoms with Crippen molar-refractivity contribution < 1.29 is 0 Å². The molecule has 1 aromatic heterocycles. The maximum absolute atomic E-state index is 5.88. The number of anilines is 1. The van der Waals surface area contributed by atoms with Crippen LogP contribution in [-0.4, -0.2) is 31.9 Å². The van der Waals surface area contributed by atoms with Gasteiger partial charge in [0.1, 0.15) is 0 Å². The number of likely N-dealkylation sites (N-methyl/N-ethyl adjacent to an activating group) is 1. The zero-order valence-corrected chi connectivity index (χ0v) is 11.7. The van der Waals surface area contributed by atoms with Crippen molar-refractivity contribution >= 4 is 22.7 Å². The van der Waals surface area contributed by atoms with Crippen LogP contribution in [0.1, 0.15) is 10.4 Å². The number of rotatable bonds is 2. The standard InChI is InChI=1S/C15H17N3S/c1-18-11(9-16)10-17-15(14-7-4-8-19-14)12-5-2-3-6-13(12)18/h2-8,11H,9-10,16H2,1H3. The summed E-state index contributed by atoms with van der Waals surface area (Å²) in [5.41, 5.74) is 9.38. The van der Waals surface area contributed by atoms with Gasteiger partial charge in [0.25, 0.3) is 0 Å². The van der Waals surface area contributed by atoms with E-state index in [-0.39, 0.29) is 6.04 Å². The van der Waals surface area contributed by atoms with Crippen molar-refractivity contribution in [3.05, 3.63) is 52.2 Å². The molecule has 2 N–H and O–H groups in total. The van der Waals surface area contributed by atoms with Crippen LogP contribution in [0, 0.1) is 0 Å². The molecule has 0 fully saturated rings. The van der Waals surface area contributed by atoms with Crippen molar-refractivity contribution in [2.45, 2.75) is 6.04 Å². The van der Waals surface area contributed by atoms with Gasteiger partial charge >= 0.3 is 0 Å². The Bertz CT molecular complexity index is 589. The largest absolute Gasteiger partial charge is 0.368 e. The first-order valence-corrected chi connectivity index (χ1v) is 7.30. The van der Waals surface area contributed by atoms with Crippen LogP contribution in [0.5, 0.6) is 0 Å². The molecule has 0 bridgehead atoms. The van der Waals surface area contributed by atoms with Gasteiger partial charge < -0.3 is 10.6 Å². The number of nitrogens with two attached hydrogens (primary N) is 1. The molecule has 98 valence electrons. The number of hydrogen-bond donors (Lipinski definition) is 1. The maximum Gasteiger partial charge on any atom is 0.0840 e. The third kappa shape index (κ3) is 2.17. The molecule has 1 aliphatic rings. The summed E-state index contributed by atoms with van der Waals surface area (Å²) >= 11 is 1.73. The van der Waals surface area contributed by atoms with E-state index < -0.39 is 0 Å². The smallest absolute Gasteiger partial charge is 0.0840 e. The van der Waals surface area contributed by atoms with Crippen LogP contribution in [0.4, 0.5) is 5.69 Å². The van der Waals surface area contributed by atoms with Gasteiger partial charge in [-0.25, -0.2) is 0 Å². The van der Waals surface area contributed by atoms with Gasteiger partial charge in [-0.05, 0) is 17.5 Å². The number of fused-ring (bicyclic) bond motifs is 1. The molecule has 4 heteroatoms. The Balaban J connectivity index is 2.15. The van der Waals surface area contributed by atoms with Crippen LogP contribution < -0.4 is 10.6 Å². The Labute approximate surface area is 117 Å². The summed E-state index contributed by atoms with van der Waals surface area (Å²) in [5, 5.41) is 2.09. The predicted octanol–water partition coefficient (Wildman–Crippen LogP) is 2.36. The normalized spacial score (nSPS) is 18.7. The molecule has 0 spiro atoms. The number of hydrogen-bond acceptors (Lipinski definition) is 4. The molecule has 3 nitrogen and oxygen atoms in total. The van der Waals surface area contributed by atoms with Gasteiger partial charge in [-0.1, -0.05) is 24.3 Å². The fourth-order valence-electron chi connectivity index (χ4n) is 2.44. The molecular formula is C15H17N3S. The molecule has 1 aliphatic heterocycles. The summed E-state index contributed by atoms with van der Waals surface area (Å²) in [6, 6.07) is 12.9. The van der Waals surface area contributed by atoms with E-state index in [0.29, 0.717) is 6.54 Å². The predicted molar refractivity (Wildman–Crippen MR) is 82.5 cm³/mol. The zero-order chi connectivity index (χ0) is 13.2. The number of aliphatic imine (C=N–C) groups is 1. The van der Waals surface area contributed by atoms with Crippen molar-refractivity contribution in [3.63, 3.8) is 0 Å². The van der Waals surface area contributed by atoms with E-state index in [2.05, 4.69) is 53.7 Å². The average molecular weight is 271 g/mol. The molecule has 3 rings (SSSR count). The third-order valence-electron chi connectivity index (χ3n) is 3.57. The highest BCUT2D eigenvalue weighted by molar-refractivity contribution is 7.12. The second-order valence-corrected chi connectivity index (χ2v) is 5.63. The topological polar surface area (TPSA) is 41.6 Å². The first-order chi connectivity index (χ1) is 9.31. The van der Waals surface area contributed by atoms with Crippen molar-refractivity contribution in [2.24, 2.45) is 10.7 Å². The molecular weight excluding hydrogens is 254 g/mol. The van der Waals surface area contributed by atoms with Gasteiger partial charge in [-0.2, -0.15) is 0 Å². The van der Waals surface area contributed by atoms with Gasteiger partial charge in [-0.3, -0.25) is 4.99 Å². The second-order valence-electron chi connectivity index (χ2n) is 4.68. The Hall–Kier alpha value is -1.65. The molecule has 0 saturated carbocycles. The number of benzodiazepines with no additional fused rings is 1. The van der Waals surface area contributed by atoms with Crippen molar-refractivity contribution in [3.8, 4) is 0 Å². The highest BCUT2D eigenvalue weighted by Crippen LogP contribution is 2.28. The van der Waals surface area contributed by atoms with E-state index in [4.69, 9.17) is 10.7 Å². The molecule has 0 radical (unpaired) electrons. The summed E-state index contributed by atoms with van der Waals surface area (Å²) < 4.78 is 0. The van der Waals surface area contributed by atoms with Crippen molar-refractivity contribution in [1.82, 2.24) is 0 Å². The number of benzene rings is 1. The fourth-order valence-corrected chi connectivity index (χ4v) is 3.19. The first-order valence-electron chi connectivity index (χ1n) is 6.42. The lowest BCUT2D eigenvalue weighted by atomic mass is 10.1. The summed E-state index contributed by atoms with van der Waals surface area (Å²) in [6.45, 7) is 1.36. The van der Waals surface area contributed by atoms with Crippen molar-refractivity contribution in [2.75, 3.05) is 25.0 Å². The van der Waals surface area contributed by atoms with E-state index in [1.807, 2.05) is 0 Å². The minimum Gasteiger partial charge on any atom is -0.368 e. The Morgan fingerprint density at radius 3 is 2.89 bits per heavy atom. The quantitative estimate of drug-likeness (QED) is 0.911. The summed E-state index contributed by atoms with van der Waals surface area (Å²) in [5.74, 6) is 0. The molecule has 0 aliphatic carbocycles. The van der Waals surface area contributed by atoms with Crippen LogP contribution >= 0.6 is 11.3 Å². The molecule has 0 amide bonds. The Morgan fingerprint density at radius 1 is 1.32 bits per heavy atom. The molecule has 2 aromatic rings. The van der Waals surface area contributed by atoms with Crippen LogP contribution in [0.15, 0.2) is 46.8 Å². The van der Waals surface area contributed by atoms with E-state index in [1.165, 1.54) is 16.1 Å². The molecule has 2 heterocycles. The van der Waals surface area contributed by atoms with Crippen molar-refractivity contribution in [1.29, 1.82) is 0 Å². The molecule has 0 saturated heterocycles. The first kappa shape index (κ1) is 12.4. The molecule has 19 heavy (non-hydrogen) atoms. The monoisotopic (exact) mass is 271 g/mol. The lowest BCUT2D eigenvalue weighted by Crippen LogP contribution is -2.39. The lowest BCUT2D eigenvalue weighted by molar-refractivity contribution is 0.653. The van der Waals surface area contributed by atoms with Crippen LogP contribution in [-0.2, 0) is 0 Å². The summed E-state index contributed by atoms with van der Waals surface area (Å²) in [6.07, 6.45) is 0. The Kier molecular flexibility index (Phi) is 3.36. The minimum atomic E-state index is 0.263. The molecule has 1 atom stereocenters. The van der Waals surface area contributed by atoms with Crippen LogP contribution in [0.2, 0.25) is 0 Å². The minimum absolute atomic E-state index is 0.263. The van der Waals surface area contributed by atoms with E-state index in [9.17, 15) is 0 Å². The van der Waals surface area contributed by atoms with Crippen LogP contribution in [0.25, 0.3) is 0 Å². The van der Waals surface area contributed by atoms with Gasteiger partial charge in [0, 0.05) is 24.8 Å². The van der Waals surface area contributed by atoms with E-state index in [1.54, 1.807) is 11.3 Å². The molecule has 1 unspecified atom stereocenters. The third-order valence-corrected chi connectivity index (χ3v) is 4.45. The molecule has 1 aromatic carbocycles. The highest BCUT2D eigenvalue weighted by Gasteiger charge is 2.23. The van der Waals surface area contributed by atoms with Crippen LogP contribution in [0.3, 0.4) is 0 Å². The zero-order valence-electron chi connectivity index (χ0n) is 10.9. The fraction of sp³-hybridized carbons (Fsp3) is 0.267. The second kappa shape index (κ2) is 5.15. The highest BCUT2D eigenvalue weighted by atomic mass is 32.1. The van der Waals surface area contributed by atoms with Gasteiger partial charge in [-0.15, -0.1) is 11.3 Å². The SMILES string of the molecule is CN1c2ccccc2C(c2cccs2)=NCC1CN. The van der Waals surface area contributed by atoms with E-state index >= 15 is 0 Å². The maximum atomic E-state index is 5.88. The number of nitrogens with zero attached hydrogens (tertiary/aromatic N) is 2. The number of para-hydroxylation sites is 1. The van der Waals surface area contributed by atoms with Gasteiger partial charge in [0.05, 0.1) is 23.2 Å². The lowest BCUT2D eigenvalue weighted by Gasteiger charge is -2.27. The van der Waals surface area contributed by atoms with E-state index in [0.717, 1.165) is 12.3 Å². The Morgan fingerprint density at radius 2 is 2.16 bits per heavy atom. The summed E-state index contributed by atoms with van der Waals surface area (Å²) in [4.78, 5) is 8.29. The summed E-state index contributed by atoms with van der Waals surface area (Å²) in [7, 11) is 2.10. The number of thiophene rings is 1.